The predicted molar refractivity (Wildman–Crippen MR) is 72.5 cm³/mol. The Morgan fingerprint density at radius 3 is 2.78 bits per heavy atom. The lowest BCUT2D eigenvalue weighted by Gasteiger charge is -2.34. The van der Waals surface area contributed by atoms with Gasteiger partial charge in [-0.25, -0.2) is 0 Å². The second-order valence-electron chi connectivity index (χ2n) is 4.81. The van der Waals surface area contributed by atoms with Gasteiger partial charge in [-0.05, 0) is 32.0 Å². The lowest BCUT2D eigenvalue weighted by atomic mass is 10.0. The first-order chi connectivity index (χ1) is 8.86. The van der Waals surface area contributed by atoms with E-state index in [1.54, 1.807) is 0 Å². The van der Waals surface area contributed by atoms with E-state index in [-0.39, 0.29) is 0 Å². The van der Waals surface area contributed by atoms with Crippen molar-refractivity contribution in [1.82, 2.24) is 4.90 Å². The van der Waals surface area contributed by atoms with Crippen molar-refractivity contribution < 1.29 is 9.78 Å². The zero-order chi connectivity index (χ0) is 12.8. The summed E-state index contributed by atoms with van der Waals surface area (Å²) in [6.07, 6.45) is 3.63. The number of hydrogen-bond acceptors (Lipinski definition) is 3. The largest absolute Gasteiger partial charge is 0.337 e. The average molecular weight is 249 g/mol. The molecular weight excluding hydrogens is 226 g/mol. The smallest absolute Gasteiger partial charge is 0.170 e. The van der Waals surface area contributed by atoms with Gasteiger partial charge in [0.25, 0.3) is 0 Å². The molecule has 18 heavy (non-hydrogen) atoms. The van der Waals surface area contributed by atoms with Gasteiger partial charge in [-0.2, -0.15) is 4.89 Å². The fourth-order valence-electron chi connectivity index (χ4n) is 2.46. The minimum atomic E-state index is 0.335. The highest BCUT2D eigenvalue weighted by atomic mass is 17.2. The molecule has 1 aliphatic heterocycles. The van der Waals surface area contributed by atoms with Crippen LogP contribution in [0.2, 0.25) is 0 Å². The van der Waals surface area contributed by atoms with Crippen LogP contribution in [0.3, 0.4) is 0 Å². The Bertz CT molecular complexity index is 367. The van der Waals surface area contributed by atoms with E-state index in [2.05, 4.69) is 30.9 Å². The second kappa shape index (κ2) is 6.76. The van der Waals surface area contributed by atoms with Gasteiger partial charge in [-0.3, -0.25) is 4.90 Å². The Morgan fingerprint density at radius 1 is 1.17 bits per heavy atom. The van der Waals surface area contributed by atoms with Crippen LogP contribution in [0.4, 0.5) is 0 Å². The maximum Gasteiger partial charge on any atom is 0.170 e. The highest BCUT2D eigenvalue weighted by Gasteiger charge is 2.27. The zero-order valence-electron chi connectivity index (χ0n) is 11.4. The van der Waals surface area contributed by atoms with Crippen LogP contribution in [0.25, 0.3) is 0 Å². The van der Waals surface area contributed by atoms with E-state index >= 15 is 0 Å². The zero-order valence-corrected chi connectivity index (χ0v) is 11.4. The first-order valence-corrected chi connectivity index (χ1v) is 6.99. The molecule has 0 N–H and O–H groups in total. The van der Waals surface area contributed by atoms with Gasteiger partial charge in [-0.1, -0.05) is 38.5 Å². The summed E-state index contributed by atoms with van der Waals surface area (Å²) in [6, 6.07) is 8.52. The summed E-state index contributed by atoms with van der Waals surface area (Å²) in [5.74, 6) is 0.867. The SMILES string of the molecule is CCCCN(CCC)C1COOc2ccccc21. The molecule has 2 rings (SSSR count). The van der Waals surface area contributed by atoms with Crippen molar-refractivity contribution in [1.29, 1.82) is 0 Å². The first kappa shape index (κ1) is 13.4. The molecule has 1 aromatic rings. The molecule has 1 atom stereocenters. The van der Waals surface area contributed by atoms with Crippen molar-refractivity contribution in [2.24, 2.45) is 0 Å². The number of fused-ring (bicyclic) bond motifs is 1. The second-order valence-corrected chi connectivity index (χ2v) is 4.81. The van der Waals surface area contributed by atoms with E-state index in [1.165, 1.54) is 24.8 Å². The number of rotatable bonds is 6. The maximum atomic E-state index is 5.27. The molecular formula is C15H23NO2. The number of hydrogen-bond donors (Lipinski definition) is 0. The van der Waals surface area contributed by atoms with E-state index in [1.807, 2.05) is 12.1 Å². The van der Waals surface area contributed by atoms with Crippen LogP contribution in [-0.4, -0.2) is 24.6 Å². The van der Waals surface area contributed by atoms with Gasteiger partial charge in [0.1, 0.15) is 6.61 Å². The van der Waals surface area contributed by atoms with E-state index in [0.29, 0.717) is 12.6 Å². The van der Waals surface area contributed by atoms with Crippen LogP contribution in [0.1, 0.15) is 44.7 Å². The van der Waals surface area contributed by atoms with Crippen LogP contribution in [0.15, 0.2) is 24.3 Å². The van der Waals surface area contributed by atoms with Crippen LogP contribution < -0.4 is 4.89 Å². The minimum absolute atomic E-state index is 0.335. The molecule has 0 radical (unpaired) electrons. The maximum absolute atomic E-state index is 5.27. The fourth-order valence-corrected chi connectivity index (χ4v) is 2.46. The molecule has 0 amide bonds. The molecule has 3 heteroatoms. The predicted octanol–water partition coefficient (Wildman–Crippen LogP) is 3.56. The highest BCUT2D eigenvalue weighted by molar-refractivity contribution is 5.36. The van der Waals surface area contributed by atoms with Crippen LogP contribution in [0, 0.1) is 0 Å². The Labute approximate surface area is 110 Å². The molecule has 1 heterocycles. The summed E-state index contributed by atoms with van der Waals surface area (Å²) in [5.41, 5.74) is 1.26. The van der Waals surface area contributed by atoms with Gasteiger partial charge in [0, 0.05) is 5.56 Å². The summed E-state index contributed by atoms with van der Waals surface area (Å²) in [6.45, 7) is 7.33. The van der Waals surface area contributed by atoms with Crippen molar-refractivity contribution in [2.45, 2.75) is 39.2 Å². The molecule has 0 spiro atoms. The molecule has 3 nitrogen and oxygen atoms in total. The number of unbranched alkanes of at least 4 members (excludes halogenated alkanes) is 1. The number of nitrogens with zero attached hydrogens (tertiary/aromatic N) is 1. The Kier molecular flexibility index (Phi) is 5.02. The summed E-state index contributed by atoms with van der Waals surface area (Å²) >= 11 is 0. The summed E-state index contributed by atoms with van der Waals surface area (Å²) < 4.78 is 0. The number of para-hydroxylation sites is 1. The lowest BCUT2D eigenvalue weighted by Crippen LogP contribution is -2.36. The molecule has 1 unspecified atom stereocenters. The van der Waals surface area contributed by atoms with Gasteiger partial charge in [0.05, 0.1) is 6.04 Å². The van der Waals surface area contributed by atoms with Crippen LogP contribution in [0.5, 0.6) is 5.75 Å². The van der Waals surface area contributed by atoms with Gasteiger partial charge in [0.2, 0.25) is 0 Å². The third kappa shape index (κ3) is 3.03. The Morgan fingerprint density at radius 2 is 2.00 bits per heavy atom. The topological polar surface area (TPSA) is 21.7 Å². The third-order valence-electron chi connectivity index (χ3n) is 3.40. The molecule has 0 aromatic heterocycles. The Hall–Kier alpha value is -1.06. The lowest BCUT2D eigenvalue weighted by molar-refractivity contribution is -0.232. The molecule has 0 saturated carbocycles. The van der Waals surface area contributed by atoms with Crippen LogP contribution in [-0.2, 0) is 4.89 Å². The van der Waals surface area contributed by atoms with E-state index < -0.39 is 0 Å². The molecule has 0 bridgehead atoms. The molecule has 1 aromatic carbocycles. The van der Waals surface area contributed by atoms with Crippen molar-refractivity contribution in [3.63, 3.8) is 0 Å². The van der Waals surface area contributed by atoms with Crippen molar-refractivity contribution in [3.8, 4) is 5.75 Å². The molecule has 100 valence electrons. The fraction of sp³-hybridized carbons (Fsp3) is 0.600. The van der Waals surface area contributed by atoms with Crippen molar-refractivity contribution in [2.75, 3.05) is 19.7 Å². The standard InChI is InChI=1S/C15H23NO2/c1-3-5-11-16(10-4-2)14-12-17-18-15-9-7-6-8-13(14)15/h6-9,14H,3-5,10-12H2,1-2H3. The third-order valence-corrected chi connectivity index (χ3v) is 3.40. The van der Waals surface area contributed by atoms with Gasteiger partial charge < -0.3 is 4.89 Å². The Balaban J connectivity index is 2.15. The molecule has 0 saturated heterocycles. The summed E-state index contributed by atoms with van der Waals surface area (Å²) in [4.78, 5) is 13.1. The normalized spacial score (nSPS) is 18.5. The van der Waals surface area contributed by atoms with E-state index in [0.717, 1.165) is 18.8 Å². The van der Waals surface area contributed by atoms with Gasteiger partial charge in [0.15, 0.2) is 5.75 Å². The van der Waals surface area contributed by atoms with Crippen LogP contribution >= 0.6 is 0 Å². The number of benzene rings is 1. The molecule has 0 fully saturated rings. The highest BCUT2D eigenvalue weighted by Crippen LogP contribution is 2.33. The van der Waals surface area contributed by atoms with E-state index in [4.69, 9.17) is 9.78 Å². The minimum Gasteiger partial charge on any atom is -0.337 e. The average Bonchev–Trinajstić information content (AvgIpc) is 2.43. The van der Waals surface area contributed by atoms with Crippen molar-refractivity contribution in [3.05, 3.63) is 29.8 Å². The monoisotopic (exact) mass is 249 g/mol. The summed E-state index contributed by atoms with van der Waals surface area (Å²) in [7, 11) is 0. The molecule has 0 aliphatic carbocycles. The van der Waals surface area contributed by atoms with Gasteiger partial charge >= 0.3 is 0 Å². The van der Waals surface area contributed by atoms with Gasteiger partial charge in [-0.15, -0.1) is 0 Å². The first-order valence-electron chi connectivity index (χ1n) is 6.99. The van der Waals surface area contributed by atoms with Crippen molar-refractivity contribution >= 4 is 0 Å². The molecule has 1 aliphatic rings. The summed E-state index contributed by atoms with van der Waals surface area (Å²) in [5, 5.41) is 0. The van der Waals surface area contributed by atoms with E-state index in [9.17, 15) is 0 Å². The quantitative estimate of drug-likeness (QED) is 0.719.